The Morgan fingerprint density at radius 2 is 1.76 bits per heavy atom. The number of rotatable bonds is 6. The van der Waals surface area contributed by atoms with Crippen LogP contribution in [-0.4, -0.2) is 41.7 Å². The highest BCUT2D eigenvalue weighted by Crippen LogP contribution is 2.27. The van der Waals surface area contributed by atoms with Crippen LogP contribution >= 0.6 is 0 Å². The molecule has 3 aromatic carbocycles. The van der Waals surface area contributed by atoms with Crippen molar-refractivity contribution in [1.82, 2.24) is 19.6 Å². The van der Waals surface area contributed by atoms with Crippen LogP contribution in [0.1, 0.15) is 18.4 Å². The first-order chi connectivity index (χ1) is 16.5. The summed E-state index contributed by atoms with van der Waals surface area (Å²) in [6.45, 7) is 1.02. The van der Waals surface area contributed by atoms with Gasteiger partial charge in [0.1, 0.15) is 5.82 Å². The van der Waals surface area contributed by atoms with E-state index in [0.717, 1.165) is 11.1 Å². The topological polar surface area (TPSA) is 95.2 Å². The second-order valence-electron chi connectivity index (χ2n) is 8.54. The average Bonchev–Trinajstić information content (AvgIpc) is 3.32. The number of amides is 1. The smallest absolute Gasteiger partial charge is 0.243 e. The number of aromatic amines is 1. The van der Waals surface area contributed by atoms with Crippen molar-refractivity contribution in [2.45, 2.75) is 24.3 Å². The summed E-state index contributed by atoms with van der Waals surface area (Å²) >= 11 is 0. The van der Waals surface area contributed by atoms with Gasteiger partial charge in [0.25, 0.3) is 0 Å². The lowest BCUT2D eigenvalue weighted by Crippen LogP contribution is -2.45. The molecule has 0 saturated carbocycles. The molecule has 1 saturated heterocycles. The Bertz CT molecular complexity index is 1400. The minimum absolute atomic E-state index is 0.111. The predicted octanol–water partition coefficient (Wildman–Crippen LogP) is 3.95. The Hall–Kier alpha value is -3.49. The number of sulfonamides is 1. The SMILES string of the molecule is O=C(NCc1ccccc1)C1CCCN(S(=O)(=O)c2ccc3nc(-c4ccccc4)[nH]c3c2)C1. The molecule has 5 rings (SSSR count). The van der Waals surface area contributed by atoms with Crippen molar-refractivity contribution < 1.29 is 13.2 Å². The Kier molecular flexibility index (Phi) is 6.17. The molecule has 0 spiro atoms. The van der Waals surface area contributed by atoms with E-state index in [1.807, 2.05) is 60.7 Å². The molecule has 2 N–H and O–H groups in total. The van der Waals surface area contributed by atoms with E-state index in [1.54, 1.807) is 18.2 Å². The van der Waals surface area contributed by atoms with Crippen molar-refractivity contribution in [3.8, 4) is 11.4 Å². The molecule has 4 aromatic rings. The van der Waals surface area contributed by atoms with E-state index in [-0.39, 0.29) is 23.3 Å². The summed E-state index contributed by atoms with van der Waals surface area (Å²) in [6, 6.07) is 24.3. The highest BCUT2D eigenvalue weighted by molar-refractivity contribution is 7.89. The first kappa shape index (κ1) is 22.3. The number of hydrogen-bond acceptors (Lipinski definition) is 4. The highest BCUT2D eigenvalue weighted by Gasteiger charge is 2.33. The number of fused-ring (bicyclic) bond motifs is 1. The predicted molar refractivity (Wildman–Crippen MR) is 131 cm³/mol. The molecule has 0 bridgehead atoms. The van der Waals surface area contributed by atoms with Crippen molar-refractivity contribution in [1.29, 1.82) is 0 Å². The minimum Gasteiger partial charge on any atom is -0.352 e. The molecule has 174 valence electrons. The number of piperidine rings is 1. The van der Waals surface area contributed by atoms with E-state index in [1.165, 1.54) is 4.31 Å². The van der Waals surface area contributed by atoms with E-state index in [4.69, 9.17) is 0 Å². The number of carbonyl (C=O) groups excluding carboxylic acids is 1. The van der Waals surface area contributed by atoms with Gasteiger partial charge in [0.05, 0.1) is 21.8 Å². The molecule has 1 amide bonds. The van der Waals surface area contributed by atoms with Gasteiger partial charge in [-0.15, -0.1) is 0 Å². The molecule has 1 unspecified atom stereocenters. The zero-order valence-corrected chi connectivity index (χ0v) is 19.5. The van der Waals surface area contributed by atoms with Crippen LogP contribution in [0.5, 0.6) is 0 Å². The molecular formula is C26H26N4O3S. The maximum absolute atomic E-state index is 13.4. The Labute approximate surface area is 198 Å². The van der Waals surface area contributed by atoms with E-state index in [0.29, 0.717) is 42.8 Å². The van der Waals surface area contributed by atoms with E-state index in [2.05, 4.69) is 15.3 Å². The number of nitrogens with zero attached hydrogens (tertiary/aromatic N) is 2. The van der Waals surface area contributed by atoms with Crippen LogP contribution in [0, 0.1) is 5.92 Å². The Balaban J connectivity index is 1.32. The van der Waals surface area contributed by atoms with Gasteiger partial charge in [-0.1, -0.05) is 60.7 Å². The van der Waals surface area contributed by atoms with Gasteiger partial charge < -0.3 is 10.3 Å². The van der Waals surface area contributed by atoms with E-state index in [9.17, 15) is 13.2 Å². The van der Waals surface area contributed by atoms with Gasteiger partial charge in [-0.05, 0) is 36.6 Å². The third-order valence-electron chi connectivity index (χ3n) is 6.20. The normalized spacial score (nSPS) is 17.0. The summed E-state index contributed by atoms with van der Waals surface area (Å²) in [5, 5.41) is 2.95. The molecule has 8 heteroatoms. The molecule has 1 aliphatic rings. The highest BCUT2D eigenvalue weighted by atomic mass is 32.2. The largest absolute Gasteiger partial charge is 0.352 e. The van der Waals surface area contributed by atoms with Crippen LogP contribution in [0.25, 0.3) is 22.4 Å². The van der Waals surface area contributed by atoms with Crippen molar-refractivity contribution in [2.24, 2.45) is 5.92 Å². The lowest BCUT2D eigenvalue weighted by atomic mass is 9.99. The van der Waals surface area contributed by atoms with Gasteiger partial charge in [0.15, 0.2) is 0 Å². The van der Waals surface area contributed by atoms with Gasteiger partial charge in [-0.2, -0.15) is 4.31 Å². The summed E-state index contributed by atoms with van der Waals surface area (Å²) in [5.74, 6) is 0.214. The van der Waals surface area contributed by atoms with Gasteiger partial charge in [-0.3, -0.25) is 4.79 Å². The van der Waals surface area contributed by atoms with Crippen LogP contribution in [0.15, 0.2) is 83.8 Å². The molecule has 2 heterocycles. The van der Waals surface area contributed by atoms with Crippen molar-refractivity contribution in [3.05, 3.63) is 84.4 Å². The Morgan fingerprint density at radius 3 is 2.53 bits per heavy atom. The molecule has 0 aliphatic carbocycles. The second-order valence-corrected chi connectivity index (χ2v) is 10.5. The number of aromatic nitrogens is 2. The zero-order valence-electron chi connectivity index (χ0n) is 18.6. The summed E-state index contributed by atoms with van der Waals surface area (Å²) < 4.78 is 28.3. The maximum atomic E-state index is 13.4. The number of H-pyrrole nitrogens is 1. The third-order valence-corrected chi connectivity index (χ3v) is 8.06. The fraction of sp³-hybridized carbons (Fsp3) is 0.231. The third kappa shape index (κ3) is 4.60. The molecule has 1 aliphatic heterocycles. The summed E-state index contributed by atoms with van der Waals surface area (Å²) in [6.07, 6.45) is 1.32. The first-order valence-electron chi connectivity index (χ1n) is 11.4. The number of benzene rings is 3. The quantitative estimate of drug-likeness (QED) is 0.442. The number of nitrogens with one attached hydrogen (secondary N) is 2. The molecule has 1 fully saturated rings. The summed E-state index contributed by atoms with van der Waals surface area (Å²) in [5.41, 5.74) is 3.31. The van der Waals surface area contributed by atoms with E-state index >= 15 is 0 Å². The van der Waals surface area contributed by atoms with Gasteiger partial charge in [0.2, 0.25) is 15.9 Å². The molecule has 1 atom stereocenters. The standard InChI is InChI=1S/C26H26N4O3S/c31-26(27-17-19-8-3-1-4-9-19)21-12-7-15-30(18-21)34(32,33)22-13-14-23-24(16-22)29-25(28-23)20-10-5-2-6-11-20/h1-6,8-11,13-14,16,21H,7,12,15,17-18H2,(H,27,31)(H,28,29). The maximum Gasteiger partial charge on any atom is 0.243 e. The van der Waals surface area contributed by atoms with Gasteiger partial charge in [0, 0.05) is 25.2 Å². The fourth-order valence-corrected chi connectivity index (χ4v) is 5.89. The second kappa shape index (κ2) is 9.40. The molecule has 0 radical (unpaired) electrons. The van der Waals surface area contributed by atoms with E-state index < -0.39 is 10.0 Å². The lowest BCUT2D eigenvalue weighted by Gasteiger charge is -2.31. The fourth-order valence-electron chi connectivity index (χ4n) is 4.34. The number of carbonyl (C=O) groups is 1. The summed E-state index contributed by atoms with van der Waals surface area (Å²) in [4.78, 5) is 20.8. The molecule has 1 aromatic heterocycles. The first-order valence-corrected chi connectivity index (χ1v) is 12.8. The van der Waals surface area contributed by atoms with Crippen LogP contribution in [0.4, 0.5) is 0 Å². The average molecular weight is 475 g/mol. The molecular weight excluding hydrogens is 448 g/mol. The van der Waals surface area contributed by atoms with Crippen LogP contribution in [0.3, 0.4) is 0 Å². The van der Waals surface area contributed by atoms with Crippen molar-refractivity contribution in [3.63, 3.8) is 0 Å². The Morgan fingerprint density at radius 1 is 1.03 bits per heavy atom. The van der Waals surface area contributed by atoms with Crippen molar-refractivity contribution >= 4 is 27.0 Å². The van der Waals surface area contributed by atoms with Gasteiger partial charge >= 0.3 is 0 Å². The van der Waals surface area contributed by atoms with Crippen LogP contribution < -0.4 is 5.32 Å². The lowest BCUT2D eigenvalue weighted by molar-refractivity contribution is -0.126. The van der Waals surface area contributed by atoms with Crippen LogP contribution in [-0.2, 0) is 21.4 Å². The zero-order chi connectivity index (χ0) is 23.5. The number of hydrogen-bond donors (Lipinski definition) is 2. The monoisotopic (exact) mass is 474 g/mol. The van der Waals surface area contributed by atoms with Crippen LogP contribution in [0.2, 0.25) is 0 Å². The van der Waals surface area contributed by atoms with Crippen molar-refractivity contribution in [2.75, 3.05) is 13.1 Å². The number of imidazole rings is 1. The molecule has 34 heavy (non-hydrogen) atoms. The summed E-state index contributed by atoms with van der Waals surface area (Å²) in [7, 11) is -3.74. The van der Waals surface area contributed by atoms with Gasteiger partial charge in [-0.25, -0.2) is 13.4 Å². The minimum atomic E-state index is -3.74. The molecule has 7 nitrogen and oxygen atoms in total.